The molecule has 4 heteroatoms. The van der Waals surface area contributed by atoms with Crippen LogP contribution in [0.2, 0.25) is 0 Å². The fourth-order valence-corrected chi connectivity index (χ4v) is 0.661. The molecule has 4 nitrogen and oxygen atoms in total. The van der Waals surface area contributed by atoms with Gasteiger partial charge in [0.2, 0.25) is 5.60 Å². The van der Waals surface area contributed by atoms with Crippen LogP contribution in [0.15, 0.2) is 22.8 Å². The standard InChI is InChI=1S/C7H8O4/c1-7(10,6(8)9)5-3-2-4-11-5/h2-4,10H,1H3,(H,8,9). The SMILES string of the molecule is CC(O)(C(=O)O)c1ccco1. The second-order valence-corrected chi connectivity index (χ2v) is 2.35. The highest BCUT2D eigenvalue weighted by molar-refractivity contribution is 5.77. The predicted octanol–water partition coefficient (Wildman–Crippen LogP) is 0.572. The zero-order valence-corrected chi connectivity index (χ0v) is 5.94. The Morgan fingerprint density at radius 1 is 1.73 bits per heavy atom. The van der Waals surface area contributed by atoms with Crippen LogP contribution in [0.1, 0.15) is 12.7 Å². The molecule has 0 bridgehead atoms. The van der Waals surface area contributed by atoms with Crippen LogP contribution in [0.4, 0.5) is 0 Å². The molecule has 1 rings (SSSR count). The molecule has 0 saturated carbocycles. The van der Waals surface area contributed by atoms with Crippen LogP contribution in [0.25, 0.3) is 0 Å². The van der Waals surface area contributed by atoms with E-state index in [1.807, 2.05) is 0 Å². The summed E-state index contributed by atoms with van der Waals surface area (Å²) in [5.74, 6) is -1.29. The van der Waals surface area contributed by atoms with Gasteiger partial charge in [-0.15, -0.1) is 0 Å². The highest BCUT2D eigenvalue weighted by Gasteiger charge is 2.34. The molecule has 2 N–H and O–H groups in total. The third-order valence-electron chi connectivity index (χ3n) is 1.42. The van der Waals surface area contributed by atoms with Crippen LogP contribution in [0.5, 0.6) is 0 Å². The number of carboxylic acid groups (broad SMARTS) is 1. The maximum absolute atomic E-state index is 10.4. The third kappa shape index (κ3) is 1.25. The van der Waals surface area contributed by atoms with Gasteiger partial charge in [0.15, 0.2) is 0 Å². The van der Waals surface area contributed by atoms with Crippen molar-refractivity contribution in [1.29, 1.82) is 0 Å². The van der Waals surface area contributed by atoms with Crippen molar-refractivity contribution < 1.29 is 19.4 Å². The van der Waals surface area contributed by atoms with Crippen LogP contribution >= 0.6 is 0 Å². The van der Waals surface area contributed by atoms with Gasteiger partial charge in [0.1, 0.15) is 5.76 Å². The number of hydrogen-bond donors (Lipinski definition) is 2. The van der Waals surface area contributed by atoms with Crippen LogP contribution in [-0.2, 0) is 10.4 Å². The van der Waals surface area contributed by atoms with E-state index in [-0.39, 0.29) is 5.76 Å². The molecule has 1 unspecified atom stereocenters. The van der Waals surface area contributed by atoms with Crippen LogP contribution in [0.3, 0.4) is 0 Å². The van der Waals surface area contributed by atoms with Crippen molar-refractivity contribution in [1.82, 2.24) is 0 Å². The minimum atomic E-state index is -1.93. The first-order valence-corrected chi connectivity index (χ1v) is 3.05. The van der Waals surface area contributed by atoms with Crippen LogP contribution < -0.4 is 0 Å². The van der Waals surface area contributed by atoms with E-state index in [1.165, 1.54) is 18.4 Å². The van der Waals surface area contributed by atoms with Gasteiger partial charge >= 0.3 is 5.97 Å². The predicted molar refractivity (Wildman–Crippen MR) is 35.9 cm³/mol. The summed E-state index contributed by atoms with van der Waals surface area (Å²) in [4.78, 5) is 10.4. The maximum Gasteiger partial charge on any atom is 0.343 e. The molecule has 0 aromatic carbocycles. The van der Waals surface area contributed by atoms with Crippen molar-refractivity contribution >= 4 is 5.97 Å². The Morgan fingerprint density at radius 3 is 2.73 bits per heavy atom. The van der Waals surface area contributed by atoms with Gasteiger partial charge in [0.25, 0.3) is 0 Å². The number of carboxylic acids is 1. The van der Waals surface area contributed by atoms with E-state index in [4.69, 9.17) is 9.52 Å². The number of furan rings is 1. The van der Waals surface area contributed by atoms with Gasteiger partial charge in [-0.25, -0.2) is 4.79 Å². The first-order chi connectivity index (χ1) is 5.05. The van der Waals surface area contributed by atoms with Crippen molar-refractivity contribution in [2.45, 2.75) is 12.5 Å². The van der Waals surface area contributed by atoms with Crippen molar-refractivity contribution in [2.75, 3.05) is 0 Å². The molecule has 11 heavy (non-hydrogen) atoms. The number of hydrogen-bond acceptors (Lipinski definition) is 3. The molecule has 1 aromatic rings. The molecule has 1 atom stereocenters. The minimum absolute atomic E-state index is 0.0324. The summed E-state index contributed by atoms with van der Waals surface area (Å²) >= 11 is 0. The molecule has 0 saturated heterocycles. The molecule has 0 spiro atoms. The van der Waals surface area contributed by atoms with E-state index in [9.17, 15) is 9.90 Å². The zero-order chi connectivity index (χ0) is 8.48. The molecule has 0 radical (unpaired) electrons. The molecular formula is C7H8O4. The van der Waals surface area contributed by atoms with Crippen LogP contribution in [0, 0.1) is 0 Å². The van der Waals surface area contributed by atoms with Gasteiger partial charge in [-0.1, -0.05) is 0 Å². The highest BCUT2D eigenvalue weighted by Crippen LogP contribution is 2.20. The van der Waals surface area contributed by atoms with Crippen molar-refractivity contribution in [2.24, 2.45) is 0 Å². The molecule has 0 fully saturated rings. The Bertz CT molecular complexity index is 247. The largest absolute Gasteiger partial charge is 0.479 e. The molecule has 1 heterocycles. The first kappa shape index (κ1) is 7.81. The number of rotatable bonds is 2. The Morgan fingerprint density at radius 2 is 2.36 bits per heavy atom. The summed E-state index contributed by atoms with van der Waals surface area (Å²) in [5.41, 5.74) is -1.93. The molecular weight excluding hydrogens is 148 g/mol. The molecule has 60 valence electrons. The van der Waals surface area contributed by atoms with E-state index in [0.29, 0.717) is 0 Å². The first-order valence-electron chi connectivity index (χ1n) is 3.05. The van der Waals surface area contributed by atoms with Crippen molar-refractivity contribution in [3.8, 4) is 0 Å². The monoisotopic (exact) mass is 156 g/mol. The summed E-state index contributed by atoms with van der Waals surface area (Å²) in [5, 5.41) is 17.8. The molecule has 1 aromatic heterocycles. The molecule has 0 aliphatic carbocycles. The van der Waals surface area contributed by atoms with Gasteiger partial charge in [0, 0.05) is 0 Å². The lowest BCUT2D eigenvalue weighted by molar-refractivity contribution is -0.159. The van der Waals surface area contributed by atoms with Crippen molar-refractivity contribution in [3.63, 3.8) is 0 Å². The van der Waals surface area contributed by atoms with Gasteiger partial charge in [-0.2, -0.15) is 0 Å². The lowest BCUT2D eigenvalue weighted by atomic mass is 10.1. The summed E-state index contributed by atoms with van der Waals surface area (Å²) in [7, 11) is 0. The Labute approximate surface area is 63.1 Å². The smallest absolute Gasteiger partial charge is 0.343 e. The number of aliphatic carboxylic acids is 1. The van der Waals surface area contributed by atoms with Crippen molar-refractivity contribution in [3.05, 3.63) is 24.2 Å². The topological polar surface area (TPSA) is 70.7 Å². The van der Waals surface area contributed by atoms with Gasteiger partial charge < -0.3 is 14.6 Å². The zero-order valence-electron chi connectivity index (χ0n) is 5.94. The minimum Gasteiger partial charge on any atom is -0.479 e. The second-order valence-electron chi connectivity index (χ2n) is 2.35. The number of aliphatic hydroxyl groups is 1. The average Bonchev–Trinajstić information content (AvgIpc) is 2.37. The fourth-order valence-electron chi connectivity index (χ4n) is 0.661. The fraction of sp³-hybridized carbons (Fsp3) is 0.286. The van der Waals surface area contributed by atoms with Gasteiger partial charge in [-0.3, -0.25) is 0 Å². The Balaban J connectivity index is 3.00. The van der Waals surface area contributed by atoms with E-state index < -0.39 is 11.6 Å². The van der Waals surface area contributed by atoms with E-state index in [2.05, 4.69) is 0 Å². The van der Waals surface area contributed by atoms with E-state index in [0.717, 1.165) is 6.92 Å². The highest BCUT2D eigenvalue weighted by atomic mass is 16.4. The van der Waals surface area contributed by atoms with Gasteiger partial charge in [-0.05, 0) is 19.1 Å². The normalized spacial score (nSPS) is 15.8. The Kier molecular flexibility index (Phi) is 1.70. The Hall–Kier alpha value is -1.29. The lowest BCUT2D eigenvalue weighted by Gasteiger charge is -2.13. The molecule has 0 aliphatic rings. The molecule has 0 amide bonds. The lowest BCUT2D eigenvalue weighted by Crippen LogP contribution is -2.31. The average molecular weight is 156 g/mol. The second kappa shape index (κ2) is 2.39. The quantitative estimate of drug-likeness (QED) is 0.656. The maximum atomic E-state index is 10.4. The summed E-state index contributed by atoms with van der Waals surface area (Å²) in [6.45, 7) is 1.16. The summed E-state index contributed by atoms with van der Waals surface area (Å²) < 4.78 is 4.73. The number of carbonyl (C=O) groups is 1. The van der Waals surface area contributed by atoms with Crippen LogP contribution in [-0.4, -0.2) is 16.2 Å². The molecule has 0 aliphatic heterocycles. The van der Waals surface area contributed by atoms with E-state index >= 15 is 0 Å². The van der Waals surface area contributed by atoms with Gasteiger partial charge in [0.05, 0.1) is 6.26 Å². The summed E-state index contributed by atoms with van der Waals surface area (Å²) in [6, 6.07) is 2.93. The third-order valence-corrected chi connectivity index (χ3v) is 1.42. The van der Waals surface area contributed by atoms with E-state index in [1.54, 1.807) is 0 Å². The summed E-state index contributed by atoms with van der Waals surface area (Å²) in [6.07, 6.45) is 1.31.